The van der Waals surface area contributed by atoms with Crippen LogP contribution in [0.25, 0.3) is 0 Å². The number of nitrogens with zero attached hydrogens (tertiary/aromatic N) is 2. The molecule has 0 spiro atoms. The van der Waals surface area contributed by atoms with Gasteiger partial charge >= 0.3 is 0 Å². The van der Waals surface area contributed by atoms with Crippen LogP contribution in [0.2, 0.25) is 0 Å². The fourth-order valence-electron chi connectivity index (χ4n) is 3.29. The Morgan fingerprint density at radius 3 is 2.67 bits per heavy atom. The predicted molar refractivity (Wildman–Crippen MR) is 93.2 cm³/mol. The van der Waals surface area contributed by atoms with Gasteiger partial charge in [-0.3, -0.25) is 4.90 Å². The Balaban J connectivity index is 1.51. The summed E-state index contributed by atoms with van der Waals surface area (Å²) < 4.78 is 30.9. The predicted octanol–water partition coefficient (Wildman–Crippen LogP) is 4.47. The van der Waals surface area contributed by atoms with Crippen LogP contribution >= 0.6 is 11.3 Å². The van der Waals surface area contributed by atoms with Crippen LogP contribution in [0.15, 0.2) is 11.6 Å². The first-order chi connectivity index (χ1) is 11.5. The van der Waals surface area contributed by atoms with Crippen molar-refractivity contribution in [3.63, 3.8) is 0 Å². The minimum absolute atomic E-state index is 0.388. The van der Waals surface area contributed by atoms with Gasteiger partial charge in [-0.05, 0) is 32.1 Å². The SMILES string of the molecule is CC(F)(F)COc1nc2c(s1)CCN(CC=C1CCCCC1)CC2. The van der Waals surface area contributed by atoms with Crippen molar-refractivity contribution < 1.29 is 13.5 Å². The van der Waals surface area contributed by atoms with E-state index in [0.29, 0.717) is 5.19 Å². The molecule has 0 radical (unpaired) electrons. The number of aromatic nitrogens is 1. The number of thiazole rings is 1. The molecule has 0 atom stereocenters. The summed E-state index contributed by atoms with van der Waals surface area (Å²) in [7, 11) is 0. The van der Waals surface area contributed by atoms with E-state index in [2.05, 4.69) is 16.0 Å². The lowest BCUT2D eigenvalue weighted by molar-refractivity contribution is -0.0230. The third kappa shape index (κ3) is 5.24. The third-order valence-electron chi connectivity index (χ3n) is 4.66. The van der Waals surface area contributed by atoms with E-state index in [1.54, 1.807) is 5.57 Å². The summed E-state index contributed by atoms with van der Waals surface area (Å²) in [5.41, 5.74) is 2.65. The van der Waals surface area contributed by atoms with E-state index in [9.17, 15) is 8.78 Å². The summed E-state index contributed by atoms with van der Waals surface area (Å²) in [6, 6.07) is 0. The number of alkyl halides is 2. The summed E-state index contributed by atoms with van der Waals surface area (Å²) in [6.45, 7) is 3.27. The average Bonchev–Trinajstić information content (AvgIpc) is 2.85. The fraction of sp³-hybridized carbons (Fsp3) is 0.722. The molecule has 2 heterocycles. The molecule has 2 aliphatic rings. The summed E-state index contributed by atoms with van der Waals surface area (Å²) in [4.78, 5) is 8.08. The number of rotatable bonds is 5. The Morgan fingerprint density at radius 2 is 1.92 bits per heavy atom. The van der Waals surface area contributed by atoms with Gasteiger partial charge in [0.2, 0.25) is 0 Å². The molecule has 134 valence electrons. The van der Waals surface area contributed by atoms with Gasteiger partial charge in [0.15, 0.2) is 6.61 Å². The molecule has 1 saturated carbocycles. The van der Waals surface area contributed by atoms with Crippen molar-refractivity contribution in [2.75, 3.05) is 26.2 Å². The number of halogens is 2. The van der Waals surface area contributed by atoms with Gasteiger partial charge in [-0.15, -0.1) is 0 Å². The van der Waals surface area contributed by atoms with Crippen molar-refractivity contribution in [1.29, 1.82) is 0 Å². The Morgan fingerprint density at radius 1 is 1.17 bits per heavy atom. The summed E-state index contributed by atoms with van der Waals surface area (Å²) >= 11 is 1.43. The molecule has 24 heavy (non-hydrogen) atoms. The monoisotopic (exact) mass is 356 g/mol. The summed E-state index contributed by atoms with van der Waals surface area (Å²) in [6.07, 6.45) is 10.8. The van der Waals surface area contributed by atoms with Gasteiger partial charge in [-0.25, -0.2) is 13.8 Å². The second kappa shape index (κ2) is 7.91. The highest BCUT2D eigenvalue weighted by molar-refractivity contribution is 7.13. The molecule has 1 aromatic rings. The molecular formula is C18H26F2N2OS. The van der Waals surface area contributed by atoms with Crippen LogP contribution in [-0.4, -0.2) is 42.0 Å². The van der Waals surface area contributed by atoms with Crippen LogP contribution in [0.1, 0.15) is 49.6 Å². The zero-order valence-electron chi connectivity index (χ0n) is 14.3. The first-order valence-corrected chi connectivity index (χ1v) is 9.71. The second-order valence-corrected chi connectivity index (χ2v) is 7.98. The topological polar surface area (TPSA) is 25.4 Å². The van der Waals surface area contributed by atoms with Crippen LogP contribution in [0.4, 0.5) is 8.78 Å². The first kappa shape index (κ1) is 17.8. The molecule has 0 saturated heterocycles. The maximum atomic E-state index is 12.9. The largest absolute Gasteiger partial charge is 0.464 e. The van der Waals surface area contributed by atoms with Crippen LogP contribution < -0.4 is 4.74 Å². The molecule has 3 nitrogen and oxygen atoms in total. The number of hydrogen-bond acceptors (Lipinski definition) is 4. The minimum atomic E-state index is -2.81. The highest BCUT2D eigenvalue weighted by Crippen LogP contribution is 2.29. The zero-order valence-corrected chi connectivity index (χ0v) is 15.1. The lowest BCUT2D eigenvalue weighted by atomic mass is 9.95. The average molecular weight is 356 g/mol. The maximum absolute atomic E-state index is 12.9. The molecule has 0 unspecified atom stereocenters. The molecule has 1 aliphatic heterocycles. The Labute approximate surface area is 146 Å². The number of ether oxygens (including phenoxy) is 1. The van der Waals surface area contributed by atoms with Gasteiger partial charge in [-0.2, -0.15) is 0 Å². The van der Waals surface area contributed by atoms with Crippen molar-refractivity contribution in [3.05, 3.63) is 22.2 Å². The van der Waals surface area contributed by atoms with Gasteiger partial charge in [0, 0.05) is 37.9 Å². The van der Waals surface area contributed by atoms with Crippen LogP contribution in [0.3, 0.4) is 0 Å². The number of hydrogen-bond donors (Lipinski definition) is 0. The molecule has 0 amide bonds. The third-order valence-corrected chi connectivity index (χ3v) is 5.73. The fourth-order valence-corrected chi connectivity index (χ4v) is 4.23. The second-order valence-electron chi connectivity index (χ2n) is 6.93. The normalized spacial score (nSPS) is 19.7. The standard InChI is InChI=1S/C18H26F2N2OS/c1-18(19,20)13-23-17-21-15-8-11-22(12-9-16(15)24-17)10-7-14-5-3-2-4-6-14/h7H,2-6,8-13H2,1H3. The molecule has 0 bridgehead atoms. The minimum Gasteiger partial charge on any atom is -0.464 e. The molecule has 0 aromatic carbocycles. The van der Waals surface area contributed by atoms with Gasteiger partial charge in [-0.1, -0.05) is 29.4 Å². The molecule has 3 rings (SSSR count). The zero-order chi connectivity index (χ0) is 17.0. The van der Waals surface area contributed by atoms with Crippen LogP contribution in [0.5, 0.6) is 5.19 Å². The molecule has 1 aliphatic carbocycles. The number of fused-ring (bicyclic) bond motifs is 1. The van der Waals surface area contributed by atoms with Crippen molar-refractivity contribution in [2.45, 2.75) is 57.8 Å². The van der Waals surface area contributed by atoms with E-state index in [-0.39, 0.29) is 0 Å². The van der Waals surface area contributed by atoms with Gasteiger partial charge in [0.05, 0.1) is 5.69 Å². The van der Waals surface area contributed by atoms with E-state index < -0.39 is 12.5 Å². The van der Waals surface area contributed by atoms with E-state index >= 15 is 0 Å². The van der Waals surface area contributed by atoms with E-state index in [0.717, 1.165) is 45.1 Å². The molecule has 0 N–H and O–H groups in total. The molecule has 1 aromatic heterocycles. The lowest BCUT2D eigenvalue weighted by Crippen LogP contribution is -2.27. The summed E-state index contributed by atoms with van der Waals surface area (Å²) in [5.74, 6) is -2.81. The van der Waals surface area contributed by atoms with E-state index in [1.807, 2.05) is 0 Å². The quantitative estimate of drug-likeness (QED) is 0.728. The maximum Gasteiger partial charge on any atom is 0.278 e. The van der Waals surface area contributed by atoms with Crippen molar-refractivity contribution in [2.24, 2.45) is 0 Å². The van der Waals surface area contributed by atoms with Crippen molar-refractivity contribution in [1.82, 2.24) is 9.88 Å². The molecule has 6 heteroatoms. The van der Waals surface area contributed by atoms with E-state index in [4.69, 9.17) is 4.74 Å². The Kier molecular flexibility index (Phi) is 5.87. The smallest absolute Gasteiger partial charge is 0.278 e. The van der Waals surface area contributed by atoms with Gasteiger partial charge in [0.1, 0.15) is 0 Å². The highest BCUT2D eigenvalue weighted by atomic mass is 32.1. The Hall–Kier alpha value is -1.01. The van der Waals surface area contributed by atoms with Crippen LogP contribution in [0, 0.1) is 0 Å². The number of allylic oxidation sites excluding steroid dienone is 1. The van der Waals surface area contributed by atoms with Crippen molar-refractivity contribution >= 4 is 11.3 Å². The summed E-state index contributed by atoms with van der Waals surface area (Å²) in [5, 5.41) is 0.388. The highest BCUT2D eigenvalue weighted by Gasteiger charge is 2.24. The molecular weight excluding hydrogens is 330 g/mol. The van der Waals surface area contributed by atoms with E-state index in [1.165, 1.54) is 48.3 Å². The lowest BCUT2D eigenvalue weighted by Gasteiger charge is -2.20. The van der Waals surface area contributed by atoms with Crippen molar-refractivity contribution in [3.8, 4) is 5.19 Å². The van der Waals surface area contributed by atoms with Gasteiger partial charge < -0.3 is 4.74 Å². The van der Waals surface area contributed by atoms with Crippen LogP contribution in [-0.2, 0) is 12.8 Å². The van der Waals surface area contributed by atoms with Gasteiger partial charge in [0.25, 0.3) is 11.1 Å². The first-order valence-electron chi connectivity index (χ1n) is 8.89. The Bertz CT molecular complexity index is 547. The molecule has 1 fully saturated rings.